The molecule has 0 saturated carbocycles. The lowest BCUT2D eigenvalue weighted by Crippen LogP contribution is -2.45. The molecule has 1 aliphatic heterocycles. The van der Waals surface area contributed by atoms with E-state index < -0.39 is 41.7 Å². The summed E-state index contributed by atoms with van der Waals surface area (Å²) in [5.41, 5.74) is -0.473. The van der Waals surface area contributed by atoms with Gasteiger partial charge in [-0.3, -0.25) is 14.5 Å². The highest BCUT2D eigenvalue weighted by molar-refractivity contribution is 5.89. The first kappa shape index (κ1) is 25.4. The van der Waals surface area contributed by atoms with Crippen LogP contribution in [0.2, 0.25) is 0 Å². The van der Waals surface area contributed by atoms with Crippen molar-refractivity contribution in [3.63, 3.8) is 0 Å². The second kappa shape index (κ2) is 9.76. The molecule has 1 amide bonds. The number of likely N-dealkylation sites (N-methyl/N-ethyl adjacent to an activating group) is 1. The van der Waals surface area contributed by atoms with Gasteiger partial charge in [-0.05, 0) is 51.5 Å². The van der Waals surface area contributed by atoms with E-state index >= 15 is 0 Å². The maximum Gasteiger partial charge on any atom is 0.471 e. The summed E-state index contributed by atoms with van der Waals surface area (Å²) >= 11 is 0. The van der Waals surface area contributed by atoms with Crippen LogP contribution in [-0.2, 0) is 19.1 Å². The van der Waals surface area contributed by atoms with Crippen LogP contribution in [0.5, 0.6) is 5.75 Å². The summed E-state index contributed by atoms with van der Waals surface area (Å²) in [7, 11) is 2.32. The van der Waals surface area contributed by atoms with Gasteiger partial charge in [0.05, 0.1) is 12.7 Å². The van der Waals surface area contributed by atoms with E-state index in [0.717, 1.165) is 7.05 Å². The van der Waals surface area contributed by atoms with Crippen LogP contribution >= 0.6 is 0 Å². The number of nitrogens with zero attached hydrogens (tertiary/aromatic N) is 2. The first-order chi connectivity index (χ1) is 14.7. The van der Waals surface area contributed by atoms with E-state index in [0.29, 0.717) is 16.2 Å². The molecule has 0 radical (unpaired) electrons. The molecule has 11 heteroatoms. The predicted molar refractivity (Wildman–Crippen MR) is 107 cm³/mol. The molecule has 1 aromatic rings. The molecule has 0 aliphatic carbocycles. The molecular formula is C21H27F3N2O6. The molecule has 1 saturated heterocycles. The minimum absolute atomic E-state index is 0.0114. The van der Waals surface area contributed by atoms with E-state index in [-0.39, 0.29) is 19.7 Å². The van der Waals surface area contributed by atoms with Crippen molar-refractivity contribution in [2.45, 2.75) is 51.1 Å². The van der Waals surface area contributed by atoms with Gasteiger partial charge in [0.1, 0.15) is 24.1 Å². The lowest BCUT2D eigenvalue weighted by Gasteiger charge is -2.27. The molecular weight excluding hydrogens is 433 g/mol. The summed E-state index contributed by atoms with van der Waals surface area (Å²) in [6.45, 7) is 4.90. The van der Waals surface area contributed by atoms with E-state index in [9.17, 15) is 27.6 Å². The Bertz CT molecular complexity index is 835. The maximum atomic E-state index is 12.9. The molecule has 8 nitrogen and oxygen atoms in total. The molecule has 2 atom stereocenters. The molecule has 0 spiro atoms. The number of hydrogen-bond donors (Lipinski definition) is 0. The lowest BCUT2D eigenvalue weighted by molar-refractivity contribution is -0.186. The van der Waals surface area contributed by atoms with Crippen LogP contribution in [0, 0.1) is 0 Å². The molecule has 178 valence electrons. The second-order valence-electron chi connectivity index (χ2n) is 8.41. The van der Waals surface area contributed by atoms with E-state index in [1.807, 2.05) is 0 Å². The largest absolute Gasteiger partial charge is 0.478 e. The van der Waals surface area contributed by atoms with Gasteiger partial charge in [0.25, 0.3) is 0 Å². The van der Waals surface area contributed by atoms with Gasteiger partial charge < -0.3 is 19.1 Å². The molecule has 0 aromatic heterocycles. The fourth-order valence-corrected chi connectivity index (χ4v) is 3.25. The fraction of sp³-hybridized carbons (Fsp3) is 0.571. The third-order valence-electron chi connectivity index (χ3n) is 4.84. The zero-order chi connectivity index (χ0) is 24.3. The van der Waals surface area contributed by atoms with Crippen LogP contribution in [0.3, 0.4) is 0 Å². The van der Waals surface area contributed by atoms with Crippen molar-refractivity contribution in [3.8, 4) is 5.75 Å². The van der Waals surface area contributed by atoms with Crippen molar-refractivity contribution in [1.82, 2.24) is 9.80 Å². The van der Waals surface area contributed by atoms with Gasteiger partial charge in [-0.1, -0.05) is 0 Å². The van der Waals surface area contributed by atoms with Crippen LogP contribution in [-0.4, -0.2) is 78.9 Å². The Morgan fingerprint density at radius 1 is 1.12 bits per heavy atom. The molecule has 1 heterocycles. The highest BCUT2D eigenvalue weighted by Gasteiger charge is 2.47. The van der Waals surface area contributed by atoms with Crippen molar-refractivity contribution in [1.29, 1.82) is 0 Å². The molecule has 1 aliphatic rings. The Kier molecular flexibility index (Phi) is 7.76. The number of hydrogen-bond acceptors (Lipinski definition) is 7. The van der Waals surface area contributed by atoms with E-state index in [1.54, 1.807) is 20.8 Å². The van der Waals surface area contributed by atoms with Crippen LogP contribution in [0.15, 0.2) is 24.3 Å². The molecule has 2 rings (SSSR count). The van der Waals surface area contributed by atoms with Crippen molar-refractivity contribution >= 4 is 17.8 Å². The van der Waals surface area contributed by atoms with Gasteiger partial charge in [-0.15, -0.1) is 0 Å². The van der Waals surface area contributed by atoms with Gasteiger partial charge in [0, 0.05) is 19.6 Å². The average Bonchev–Trinajstić information content (AvgIpc) is 3.13. The Morgan fingerprint density at radius 3 is 2.22 bits per heavy atom. The highest BCUT2D eigenvalue weighted by atomic mass is 19.4. The summed E-state index contributed by atoms with van der Waals surface area (Å²) in [4.78, 5) is 38.0. The summed E-state index contributed by atoms with van der Waals surface area (Å²) < 4.78 is 54.3. The average molecular weight is 460 g/mol. The maximum absolute atomic E-state index is 12.9. The van der Waals surface area contributed by atoms with Crippen LogP contribution in [0.1, 0.15) is 37.6 Å². The van der Waals surface area contributed by atoms with Gasteiger partial charge >= 0.3 is 24.0 Å². The first-order valence-corrected chi connectivity index (χ1v) is 9.85. The monoisotopic (exact) mass is 460 g/mol. The summed E-state index contributed by atoms with van der Waals surface area (Å²) in [6.07, 6.45) is -5.04. The summed E-state index contributed by atoms with van der Waals surface area (Å²) in [5.74, 6) is -2.73. The Labute approximate surface area is 184 Å². The van der Waals surface area contributed by atoms with Gasteiger partial charge in [-0.25, -0.2) is 4.79 Å². The second-order valence-corrected chi connectivity index (χ2v) is 8.41. The topological polar surface area (TPSA) is 85.4 Å². The van der Waals surface area contributed by atoms with E-state index in [2.05, 4.69) is 4.74 Å². The Balaban J connectivity index is 2.14. The number of likely N-dealkylation sites (tertiary alicyclic amines) is 1. The zero-order valence-electron chi connectivity index (χ0n) is 18.6. The Hall–Kier alpha value is -2.82. The van der Waals surface area contributed by atoms with Crippen molar-refractivity contribution < 1.29 is 41.8 Å². The zero-order valence-corrected chi connectivity index (χ0v) is 18.6. The number of esters is 2. The lowest BCUT2D eigenvalue weighted by atomic mass is 10.1. The summed E-state index contributed by atoms with van der Waals surface area (Å²) in [6, 6.07) is 4.30. The molecule has 1 fully saturated rings. The number of benzene rings is 1. The van der Waals surface area contributed by atoms with Gasteiger partial charge in [0.15, 0.2) is 0 Å². The number of carbonyl (C=O) groups excluding carboxylic acids is 3. The summed E-state index contributed by atoms with van der Waals surface area (Å²) in [5, 5.41) is 0. The first-order valence-electron chi connectivity index (χ1n) is 9.85. The normalized spacial score (nSPS) is 19.4. The minimum atomic E-state index is -5.01. The van der Waals surface area contributed by atoms with Gasteiger partial charge in [0.2, 0.25) is 0 Å². The molecule has 0 N–H and O–H groups in total. The van der Waals surface area contributed by atoms with Crippen LogP contribution in [0.25, 0.3) is 0 Å². The van der Waals surface area contributed by atoms with E-state index in [4.69, 9.17) is 9.47 Å². The number of methoxy groups -OCH3 is 1. The van der Waals surface area contributed by atoms with Crippen molar-refractivity contribution in [2.75, 3.05) is 27.4 Å². The van der Waals surface area contributed by atoms with Crippen LogP contribution in [0.4, 0.5) is 13.2 Å². The quantitative estimate of drug-likeness (QED) is 0.604. The number of ether oxygens (including phenoxy) is 3. The Morgan fingerprint density at radius 2 is 1.72 bits per heavy atom. The third kappa shape index (κ3) is 6.59. The molecule has 0 bridgehead atoms. The van der Waals surface area contributed by atoms with Crippen molar-refractivity contribution in [3.05, 3.63) is 29.8 Å². The number of rotatable bonds is 6. The number of amides is 1. The fourth-order valence-electron chi connectivity index (χ4n) is 3.25. The van der Waals surface area contributed by atoms with Crippen LogP contribution < -0.4 is 4.74 Å². The molecule has 1 aromatic carbocycles. The van der Waals surface area contributed by atoms with Gasteiger partial charge in [-0.2, -0.15) is 13.2 Å². The smallest absolute Gasteiger partial charge is 0.471 e. The molecule has 32 heavy (non-hydrogen) atoms. The standard InChI is InChI=1S/C21H27F3N2O6/c1-20(2,3)32-18(28)16-10-14(25(4)19(29)21(22,23)24)11-26(16)12-31-15-8-6-13(7-9-15)17(27)30-5/h6-9,14,16H,10-12H2,1-5H3/t14-,16-/m0/s1. The SMILES string of the molecule is COC(=O)c1ccc(OCN2C[C@@H](N(C)C(=O)C(F)(F)F)C[C@H]2C(=O)OC(C)(C)C)cc1. The van der Waals surface area contributed by atoms with Crippen molar-refractivity contribution in [2.24, 2.45) is 0 Å². The minimum Gasteiger partial charge on any atom is -0.478 e. The third-order valence-corrected chi connectivity index (χ3v) is 4.84. The number of carbonyl (C=O) groups is 3. The number of alkyl halides is 3. The van der Waals surface area contributed by atoms with E-state index in [1.165, 1.54) is 36.3 Å². The highest BCUT2D eigenvalue weighted by Crippen LogP contribution is 2.28. The molecule has 0 unspecified atom stereocenters. The predicted octanol–water partition coefficient (Wildman–Crippen LogP) is 2.61. The number of halogens is 3.